The molecule has 0 amide bonds. The van der Waals surface area contributed by atoms with E-state index in [1.165, 1.54) is 0 Å². The normalized spacial score (nSPS) is 22.5. The molecule has 33 heavy (non-hydrogen) atoms. The van der Waals surface area contributed by atoms with Crippen molar-refractivity contribution in [2.75, 3.05) is 4.90 Å². The molecule has 170 valence electrons. The van der Waals surface area contributed by atoms with Crippen LogP contribution in [0.25, 0.3) is 33.2 Å². The van der Waals surface area contributed by atoms with Crippen LogP contribution in [0.1, 0.15) is 32.1 Å². The number of H-pyrrole nitrogens is 1. The second kappa shape index (κ2) is 7.71. The van der Waals surface area contributed by atoms with Gasteiger partial charge in [-0.2, -0.15) is 5.10 Å². The molecule has 2 fully saturated rings. The Hall–Kier alpha value is -3.17. The fourth-order valence-electron chi connectivity index (χ4n) is 5.45. The number of hydrogen-bond donors (Lipinski definition) is 3. The van der Waals surface area contributed by atoms with Gasteiger partial charge in [-0.25, -0.2) is 9.97 Å². The molecular weight excluding hydrogens is 442 g/mol. The number of halogens is 1. The number of anilines is 1. The lowest BCUT2D eigenvalue weighted by Gasteiger charge is -2.38. The smallest absolute Gasteiger partial charge is 0.305 e. The molecule has 10 heteroatoms. The summed E-state index contributed by atoms with van der Waals surface area (Å²) in [6, 6.07) is 4.97. The summed E-state index contributed by atoms with van der Waals surface area (Å²) in [6.07, 6.45) is 9.86. The van der Waals surface area contributed by atoms with Crippen molar-refractivity contribution in [3.8, 4) is 11.1 Å². The number of hydrogen-bond acceptors (Lipinski definition) is 6. The fraction of sp³-hybridized carbons (Fsp3) is 0.391. The van der Waals surface area contributed by atoms with Crippen LogP contribution in [0.4, 0.5) is 5.82 Å². The number of aromatic amines is 1. The Bertz CT molecular complexity index is 1370. The predicted octanol–water partition coefficient (Wildman–Crippen LogP) is 3.56. The number of aromatic nitrogens is 5. The second-order valence-electron chi connectivity index (χ2n) is 9.05. The van der Waals surface area contributed by atoms with Crippen molar-refractivity contribution < 1.29 is 9.90 Å². The third kappa shape index (κ3) is 3.43. The zero-order valence-corrected chi connectivity index (χ0v) is 18.7. The number of benzene rings is 1. The van der Waals surface area contributed by atoms with Gasteiger partial charge in [0, 0.05) is 47.0 Å². The monoisotopic (exact) mass is 465 g/mol. The SMILES string of the molecule is NC1C[C@H]2CC[C@@H](C1)N2c1cnc2c(-c3ccc4nn(CCC(=O)O)cc4c3Cl)c[nH]c2n1. The Labute approximate surface area is 194 Å². The maximum absolute atomic E-state index is 10.9. The molecule has 2 saturated heterocycles. The molecule has 2 aliphatic rings. The largest absolute Gasteiger partial charge is 0.481 e. The van der Waals surface area contributed by atoms with E-state index in [-0.39, 0.29) is 12.5 Å². The summed E-state index contributed by atoms with van der Waals surface area (Å²) in [6.45, 7) is 0.292. The molecule has 0 saturated carbocycles. The minimum absolute atomic E-state index is 0.00348. The van der Waals surface area contributed by atoms with Crippen molar-refractivity contribution in [1.82, 2.24) is 24.7 Å². The number of aliphatic carboxylic acids is 1. The molecule has 3 aromatic heterocycles. The zero-order valence-electron chi connectivity index (χ0n) is 17.9. The number of nitrogens with two attached hydrogens (primary N) is 1. The first-order chi connectivity index (χ1) is 16.0. The maximum Gasteiger partial charge on any atom is 0.305 e. The highest BCUT2D eigenvalue weighted by Gasteiger charge is 2.40. The Morgan fingerprint density at radius 1 is 1.24 bits per heavy atom. The van der Waals surface area contributed by atoms with Crippen molar-refractivity contribution in [2.45, 2.75) is 56.8 Å². The first-order valence-electron chi connectivity index (χ1n) is 11.2. The number of carbonyl (C=O) groups is 1. The minimum Gasteiger partial charge on any atom is -0.481 e. The van der Waals surface area contributed by atoms with Gasteiger partial charge in [0.15, 0.2) is 5.65 Å². The van der Waals surface area contributed by atoms with Crippen LogP contribution in [0.5, 0.6) is 0 Å². The van der Waals surface area contributed by atoms with E-state index >= 15 is 0 Å². The van der Waals surface area contributed by atoms with Gasteiger partial charge < -0.3 is 20.7 Å². The highest BCUT2D eigenvalue weighted by atomic mass is 35.5. The van der Waals surface area contributed by atoms with Gasteiger partial charge in [0.1, 0.15) is 11.3 Å². The van der Waals surface area contributed by atoms with Gasteiger partial charge in [-0.1, -0.05) is 17.7 Å². The Morgan fingerprint density at radius 3 is 2.79 bits per heavy atom. The van der Waals surface area contributed by atoms with E-state index in [1.807, 2.05) is 24.5 Å². The summed E-state index contributed by atoms with van der Waals surface area (Å²) in [7, 11) is 0. The van der Waals surface area contributed by atoms with Crippen LogP contribution in [-0.2, 0) is 11.3 Å². The Kier molecular flexibility index (Phi) is 4.77. The summed E-state index contributed by atoms with van der Waals surface area (Å²) in [5, 5.41) is 14.7. The lowest BCUT2D eigenvalue weighted by Crippen LogP contribution is -2.47. The number of piperidine rings is 1. The van der Waals surface area contributed by atoms with Crippen molar-refractivity contribution in [3.63, 3.8) is 0 Å². The van der Waals surface area contributed by atoms with Gasteiger partial charge in [0.25, 0.3) is 0 Å². The summed E-state index contributed by atoms with van der Waals surface area (Å²) in [5.41, 5.74) is 10.1. The molecule has 0 radical (unpaired) electrons. The second-order valence-corrected chi connectivity index (χ2v) is 9.43. The number of fused-ring (bicyclic) bond motifs is 4. The maximum atomic E-state index is 10.9. The fourth-order valence-corrected chi connectivity index (χ4v) is 5.76. The molecule has 4 N–H and O–H groups in total. The molecule has 2 aliphatic heterocycles. The molecule has 6 rings (SSSR count). The Balaban J connectivity index is 1.35. The highest BCUT2D eigenvalue weighted by Crippen LogP contribution is 2.40. The van der Waals surface area contributed by atoms with E-state index in [2.05, 4.69) is 15.0 Å². The topological polar surface area (TPSA) is 126 Å². The molecule has 0 spiro atoms. The average molecular weight is 466 g/mol. The van der Waals surface area contributed by atoms with Gasteiger partial charge in [-0.05, 0) is 31.7 Å². The lowest BCUT2D eigenvalue weighted by molar-refractivity contribution is -0.137. The Morgan fingerprint density at radius 2 is 2.03 bits per heavy atom. The van der Waals surface area contributed by atoms with Crippen molar-refractivity contribution in [1.29, 1.82) is 0 Å². The number of carboxylic acids is 1. The number of rotatable bonds is 5. The van der Waals surface area contributed by atoms with E-state index in [1.54, 1.807) is 10.9 Å². The molecule has 1 aromatic carbocycles. The highest BCUT2D eigenvalue weighted by molar-refractivity contribution is 6.38. The minimum atomic E-state index is -0.863. The quantitative estimate of drug-likeness (QED) is 0.411. The number of nitrogens with one attached hydrogen (secondary N) is 1. The summed E-state index contributed by atoms with van der Waals surface area (Å²) in [4.78, 5) is 26.2. The molecule has 2 bridgehead atoms. The van der Waals surface area contributed by atoms with Crippen LogP contribution in [0.15, 0.2) is 30.7 Å². The van der Waals surface area contributed by atoms with Gasteiger partial charge in [0.05, 0.1) is 29.7 Å². The first-order valence-corrected chi connectivity index (χ1v) is 11.6. The molecule has 1 unspecified atom stereocenters. The number of carboxylic acid groups (broad SMARTS) is 1. The van der Waals surface area contributed by atoms with E-state index < -0.39 is 5.97 Å². The molecule has 9 nitrogen and oxygen atoms in total. The van der Waals surface area contributed by atoms with E-state index in [4.69, 9.17) is 32.4 Å². The average Bonchev–Trinajstić information content (AvgIpc) is 3.47. The summed E-state index contributed by atoms with van der Waals surface area (Å²) in [5.74, 6) is 0.0371. The van der Waals surface area contributed by atoms with Crippen molar-refractivity contribution in [3.05, 3.63) is 35.7 Å². The van der Waals surface area contributed by atoms with Gasteiger partial charge in [-0.15, -0.1) is 0 Å². The molecule has 3 atom stereocenters. The number of aryl methyl sites for hydroxylation is 1. The van der Waals surface area contributed by atoms with Gasteiger partial charge in [-0.3, -0.25) is 9.48 Å². The molecule has 4 aromatic rings. The molecule has 5 heterocycles. The predicted molar refractivity (Wildman–Crippen MR) is 126 cm³/mol. The summed E-state index contributed by atoms with van der Waals surface area (Å²) < 4.78 is 1.62. The molecule has 0 aliphatic carbocycles. The third-order valence-corrected chi connectivity index (χ3v) is 7.33. The van der Waals surface area contributed by atoms with Crippen LogP contribution in [0, 0.1) is 0 Å². The third-order valence-electron chi connectivity index (χ3n) is 6.92. The van der Waals surface area contributed by atoms with E-state index in [0.717, 1.165) is 64.7 Å². The van der Waals surface area contributed by atoms with Crippen LogP contribution in [0.2, 0.25) is 5.02 Å². The van der Waals surface area contributed by atoms with E-state index in [0.29, 0.717) is 23.7 Å². The van der Waals surface area contributed by atoms with Gasteiger partial charge >= 0.3 is 5.97 Å². The van der Waals surface area contributed by atoms with Crippen LogP contribution >= 0.6 is 11.6 Å². The zero-order chi connectivity index (χ0) is 22.7. The van der Waals surface area contributed by atoms with E-state index in [9.17, 15) is 4.79 Å². The first kappa shape index (κ1) is 20.4. The van der Waals surface area contributed by atoms with Crippen molar-refractivity contribution in [2.24, 2.45) is 5.73 Å². The van der Waals surface area contributed by atoms with Crippen LogP contribution < -0.4 is 10.6 Å². The van der Waals surface area contributed by atoms with Gasteiger partial charge in [0.2, 0.25) is 0 Å². The van der Waals surface area contributed by atoms with Crippen LogP contribution in [-0.4, -0.2) is 53.9 Å². The standard InChI is InChI=1S/C23H24ClN7O2/c24-21-15(3-4-18-17(21)11-30(29-18)6-5-20(32)33)16-9-27-23-22(16)26-10-19(28-23)31-13-1-2-14(31)8-12(25)7-13/h3-4,9-14H,1-2,5-8,25H2,(H,27,28)(H,32,33)/t12?,13-,14+. The number of nitrogens with zero attached hydrogens (tertiary/aromatic N) is 5. The molecular formula is C23H24ClN7O2. The lowest BCUT2D eigenvalue weighted by atomic mass is 9.98. The summed E-state index contributed by atoms with van der Waals surface area (Å²) >= 11 is 6.77. The van der Waals surface area contributed by atoms with Crippen molar-refractivity contribution >= 4 is 45.5 Å². The van der Waals surface area contributed by atoms with Crippen LogP contribution in [0.3, 0.4) is 0 Å².